The van der Waals surface area contributed by atoms with Crippen molar-refractivity contribution in [2.45, 2.75) is 0 Å². The van der Waals surface area contributed by atoms with Crippen molar-refractivity contribution in [3.05, 3.63) is 0 Å². The summed E-state index contributed by atoms with van der Waals surface area (Å²) in [5.74, 6) is 0. The fourth-order valence-corrected chi connectivity index (χ4v) is 0. The smallest absolute Gasteiger partial charge is 0.00840 e. The summed E-state index contributed by atoms with van der Waals surface area (Å²) in [5.41, 5.74) is 0. The average Bonchev–Trinajstić information content (AvgIpc) is 0.811. The van der Waals surface area contributed by atoms with Gasteiger partial charge < -0.3 is 0 Å². The summed E-state index contributed by atoms with van der Waals surface area (Å²) >= 11 is 0. The molecule has 0 unspecified atom stereocenters. The van der Waals surface area contributed by atoms with E-state index >= 15 is 0 Å². The average molecular weight is 178 g/mol. The van der Waals surface area contributed by atoms with Crippen molar-refractivity contribution in [1.29, 1.82) is 0 Å². The standard InChI is InChI=1S/C3H9P.Ru/c1-4(2)3;/h1-3H3;/p+1. The maximum atomic E-state index is 2.27. The van der Waals surface area contributed by atoms with Gasteiger partial charge in [-0.25, -0.2) is 0 Å². The maximum Gasteiger partial charge on any atom is 0.0461 e. The normalized spacial score (nSPS) is 7.20. The van der Waals surface area contributed by atoms with Crippen molar-refractivity contribution in [2.24, 2.45) is 0 Å². The molecule has 0 bridgehead atoms. The van der Waals surface area contributed by atoms with E-state index in [0.717, 1.165) is 0 Å². The summed E-state index contributed by atoms with van der Waals surface area (Å²) in [6.45, 7) is 6.81. The van der Waals surface area contributed by atoms with Crippen LogP contribution < -0.4 is 0 Å². The summed E-state index contributed by atoms with van der Waals surface area (Å²) in [7, 11) is 0.120. The first-order valence-electron chi connectivity index (χ1n) is 1.50. The fraction of sp³-hybridized carbons (Fsp3) is 1.00. The minimum absolute atomic E-state index is 0. The Bertz CT molecular complexity index is 11.6. The predicted molar refractivity (Wildman–Crippen MR) is 26.1 cm³/mol. The van der Waals surface area contributed by atoms with Crippen LogP contribution in [0.5, 0.6) is 0 Å². The van der Waals surface area contributed by atoms with Gasteiger partial charge in [0.1, 0.15) is 0 Å². The van der Waals surface area contributed by atoms with Gasteiger partial charge in [-0.05, 0) is 7.92 Å². The van der Waals surface area contributed by atoms with Crippen LogP contribution >= 0.6 is 7.92 Å². The van der Waals surface area contributed by atoms with Crippen LogP contribution in [0.15, 0.2) is 0 Å². The molecule has 0 spiro atoms. The zero-order valence-corrected chi connectivity index (χ0v) is 6.59. The molecule has 0 aliphatic heterocycles. The molecular formula is C3H10PRu+. The number of hydrogen-bond acceptors (Lipinski definition) is 0. The molecule has 0 amide bonds. The fourth-order valence-electron chi connectivity index (χ4n) is 0. The van der Waals surface area contributed by atoms with Gasteiger partial charge in [-0.15, -0.1) is 0 Å². The molecule has 2 heteroatoms. The molecular weight excluding hydrogens is 168 g/mol. The molecule has 0 aromatic carbocycles. The summed E-state index contributed by atoms with van der Waals surface area (Å²) in [5, 5.41) is 0. The first-order valence-corrected chi connectivity index (χ1v) is 4.50. The second kappa shape index (κ2) is 5.05. The Balaban J connectivity index is 0. The van der Waals surface area contributed by atoms with E-state index in [4.69, 9.17) is 0 Å². The molecule has 0 N–H and O–H groups in total. The third-order valence-corrected chi connectivity index (χ3v) is 0. The second-order valence-corrected chi connectivity index (χ2v) is 4.50. The van der Waals surface area contributed by atoms with Crippen LogP contribution in [0.4, 0.5) is 0 Å². The van der Waals surface area contributed by atoms with Gasteiger partial charge in [-0.1, -0.05) is 0 Å². The molecule has 0 atom stereocenters. The number of rotatable bonds is 0. The Morgan fingerprint density at radius 1 is 1.00 bits per heavy atom. The molecule has 0 radical (unpaired) electrons. The zero-order chi connectivity index (χ0) is 3.58. The zero-order valence-electron chi connectivity index (χ0n) is 3.85. The summed E-state index contributed by atoms with van der Waals surface area (Å²) in [4.78, 5) is 0. The van der Waals surface area contributed by atoms with E-state index in [9.17, 15) is 0 Å². The summed E-state index contributed by atoms with van der Waals surface area (Å²) < 4.78 is 0. The van der Waals surface area contributed by atoms with Crippen molar-refractivity contribution >= 4 is 7.92 Å². The van der Waals surface area contributed by atoms with Crippen LogP contribution in [0.3, 0.4) is 0 Å². The van der Waals surface area contributed by atoms with Gasteiger partial charge in [0.05, 0.1) is 0 Å². The van der Waals surface area contributed by atoms with Crippen LogP contribution in [0.2, 0.25) is 0 Å². The Morgan fingerprint density at radius 2 is 1.00 bits per heavy atom. The molecule has 0 heterocycles. The molecule has 0 nitrogen and oxygen atoms in total. The Hall–Kier alpha value is 1.05. The number of hydrogen-bond donors (Lipinski definition) is 0. The van der Waals surface area contributed by atoms with E-state index < -0.39 is 0 Å². The van der Waals surface area contributed by atoms with E-state index in [1.54, 1.807) is 0 Å². The van der Waals surface area contributed by atoms with E-state index in [0.29, 0.717) is 0 Å². The van der Waals surface area contributed by atoms with Crippen molar-refractivity contribution in [3.63, 3.8) is 0 Å². The molecule has 0 aliphatic rings. The van der Waals surface area contributed by atoms with Crippen LogP contribution in [0, 0.1) is 0 Å². The van der Waals surface area contributed by atoms with Gasteiger partial charge in [0.2, 0.25) is 0 Å². The first kappa shape index (κ1) is 9.41. The van der Waals surface area contributed by atoms with Crippen molar-refractivity contribution in [2.75, 3.05) is 20.0 Å². The molecule has 0 rings (SSSR count). The minimum atomic E-state index is 0. The summed E-state index contributed by atoms with van der Waals surface area (Å²) in [6.07, 6.45) is 0. The Labute approximate surface area is 47.9 Å². The van der Waals surface area contributed by atoms with Crippen LogP contribution in [-0.2, 0) is 19.5 Å². The van der Waals surface area contributed by atoms with Crippen molar-refractivity contribution in [1.82, 2.24) is 0 Å². The topological polar surface area (TPSA) is 0 Å². The third kappa shape index (κ3) is 42.5. The molecule has 0 fully saturated rings. The molecule has 0 saturated carbocycles. The maximum absolute atomic E-state index is 2.27. The van der Waals surface area contributed by atoms with Crippen molar-refractivity contribution in [3.8, 4) is 0 Å². The van der Waals surface area contributed by atoms with Crippen LogP contribution in [0.1, 0.15) is 0 Å². The van der Waals surface area contributed by atoms with Gasteiger partial charge in [0.25, 0.3) is 0 Å². The van der Waals surface area contributed by atoms with Gasteiger partial charge in [0.15, 0.2) is 0 Å². The monoisotopic (exact) mass is 179 g/mol. The minimum Gasteiger partial charge on any atom is -0.00840 e. The second-order valence-electron chi connectivity index (χ2n) is 1.50. The summed E-state index contributed by atoms with van der Waals surface area (Å²) in [6, 6.07) is 0. The van der Waals surface area contributed by atoms with Crippen molar-refractivity contribution < 1.29 is 19.5 Å². The largest absolute Gasteiger partial charge is 0.0461 e. The van der Waals surface area contributed by atoms with Gasteiger partial charge in [-0.2, -0.15) is 0 Å². The van der Waals surface area contributed by atoms with E-state index in [1.165, 1.54) is 0 Å². The molecule has 34 valence electrons. The van der Waals surface area contributed by atoms with Crippen LogP contribution in [0.25, 0.3) is 0 Å². The predicted octanol–water partition coefficient (Wildman–Crippen LogP) is 1.09. The third-order valence-electron chi connectivity index (χ3n) is 0. The van der Waals surface area contributed by atoms with Gasteiger partial charge in [0, 0.05) is 39.5 Å². The van der Waals surface area contributed by atoms with Gasteiger partial charge >= 0.3 is 0 Å². The first-order chi connectivity index (χ1) is 1.73. The molecule has 5 heavy (non-hydrogen) atoms. The SMILES string of the molecule is C[PH+](C)C.[Ru]. The molecule has 0 aromatic rings. The van der Waals surface area contributed by atoms with E-state index in [1.807, 2.05) is 0 Å². The molecule has 0 aliphatic carbocycles. The Morgan fingerprint density at radius 3 is 1.00 bits per heavy atom. The Kier molecular flexibility index (Phi) is 9.51. The van der Waals surface area contributed by atoms with E-state index in [-0.39, 0.29) is 27.4 Å². The molecule has 0 aromatic heterocycles. The molecule has 0 saturated heterocycles. The van der Waals surface area contributed by atoms with Crippen LogP contribution in [-0.4, -0.2) is 20.0 Å². The quantitative estimate of drug-likeness (QED) is 0.384. The van der Waals surface area contributed by atoms with E-state index in [2.05, 4.69) is 20.0 Å². The van der Waals surface area contributed by atoms with Gasteiger partial charge in [-0.3, -0.25) is 0 Å².